The second-order valence-corrected chi connectivity index (χ2v) is 7.60. The lowest BCUT2D eigenvalue weighted by atomic mass is 9.97. The number of rotatable bonds is 9. The van der Waals surface area contributed by atoms with Gasteiger partial charge in [-0.15, -0.1) is 5.10 Å². The van der Waals surface area contributed by atoms with Crippen molar-refractivity contribution in [1.82, 2.24) is 20.0 Å². The van der Waals surface area contributed by atoms with Gasteiger partial charge in [0.25, 0.3) is 0 Å². The zero-order valence-electron chi connectivity index (χ0n) is 17.9. The summed E-state index contributed by atoms with van der Waals surface area (Å²) in [4.78, 5) is 4.44. The Labute approximate surface area is 189 Å². The predicted molar refractivity (Wildman–Crippen MR) is 118 cm³/mol. The van der Waals surface area contributed by atoms with Crippen molar-refractivity contribution in [1.29, 1.82) is 0 Å². The monoisotopic (exact) mass is 452 g/mol. The van der Waals surface area contributed by atoms with Crippen molar-refractivity contribution in [3.63, 3.8) is 0 Å². The van der Waals surface area contributed by atoms with Crippen molar-refractivity contribution in [3.8, 4) is 17.0 Å². The summed E-state index contributed by atoms with van der Waals surface area (Å²) in [5.74, 6) is 0.688. The number of ether oxygens (including phenoxy) is 1. The second-order valence-electron chi connectivity index (χ2n) is 7.60. The van der Waals surface area contributed by atoms with E-state index in [4.69, 9.17) is 4.74 Å². The van der Waals surface area contributed by atoms with Crippen molar-refractivity contribution in [2.45, 2.75) is 38.6 Å². The molecule has 0 unspecified atom stereocenters. The van der Waals surface area contributed by atoms with E-state index in [1.165, 1.54) is 6.07 Å². The fraction of sp³-hybridized carbons (Fsp3) is 0.240. The number of pyridine rings is 1. The molecule has 0 fully saturated rings. The number of hydrogen-bond donors (Lipinski definition) is 0. The van der Waals surface area contributed by atoms with Gasteiger partial charge in [-0.2, -0.15) is 13.2 Å². The Balaban J connectivity index is 1.60. The molecule has 0 bridgehead atoms. The molecule has 0 saturated heterocycles. The van der Waals surface area contributed by atoms with E-state index in [1.54, 1.807) is 23.1 Å². The lowest BCUT2D eigenvalue weighted by molar-refractivity contribution is -0.137. The van der Waals surface area contributed by atoms with Crippen molar-refractivity contribution in [2.24, 2.45) is 0 Å². The third-order valence-corrected chi connectivity index (χ3v) is 5.30. The van der Waals surface area contributed by atoms with Crippen molar-refractivity contribution < 1.29 is 17.9 Å². The topological polar surface area (TPSA) is 52.8 Å². The fourth-order valence-corrected chi connectivity index (χ4v) is 3.63. The largest absolute Gasteiger partial charge is 0.489 e. The molecule has 0 radical (unpaired) electrons. The second kappa shape index (κ2) is 10.3. The first-order valence-electron chi connectivity index (χ1n) is 10.7. The van der Waals surface area contributed by atoms with Crippen LogP contribution < -0.4 is 4.74 Å². The molecule has 0 saturated carbocycles. The van der Waals surface area contributed by atoms with E-state index in [9.17, 15) is 13.2 Å². The third-order valence-electron chi connectivity index (χ3n) is 5.30. The maximum Gasteiger partial charge on any atom is 0.416 e. The van der Waals surface area contributed by atoms with E-state index in [0.717, 1.165) is 49.1 Å². The molecule has 0 spiro atoms. The van der Waals surface area contributed by atoms with Gasteiger partial charge in [-0.3, -0.25) is 9.67 Å². The summed E-state index contributed by atoms with van der Waals surface area (Å²) in [6, 6.07) is 16.5. The number of hydrogen-bond acceptors (Lipinski definition) is 4. The first kappa shape index (κ1) is 22.5. The standard InChI is InChI=1S/C25H23F3N4O/c26-25(27,28)21-9-6-8-20(17-21)24-23(18-33-22-10-2-1-3-11-22)19(12-13-29-24)7-4-5-15-32-16-14-30-31-32/h1-3,6,8-14,16-17H,4-5,7,15,18H2. The molecule has 0 aliphatic carbocycles. The highest BCUT2D eigenvalue weighted by molar-refractivity contribution is 5.65. The minimum atomic E-state index is -4.42. The van der Waals surface area contributed by atoms with E-state index in [0.29, 0.717) is 17.0 Å². The van der Waals surface area contributed by atoms with Crippen molar-refractivity contribution >= 4 is 0 Å². The van der Waals surface area contributed by atoms with Gasteiger partial charge >= 0.3 is 6.18 Å². The van der Waals surface area contributed by atoms with Crippen LogP contribution in [0.4, 0.5) is 13.2 Å². The molecule has 2 aromatic heterocycles. The van der Waals surface area contributed by atoms with Crippen LogP contribution in [0.15, 0.2) is 79.3 Å². The maximum atomic E-state index is 13.3. The summed E-state index contributed by atoms with van der Waals surface area (Å²) >= 11 is 0. The van der Waals surface area contributed by atoms with Gasteiger partial charge in [0.2, 0.25) is 0 Å². The molecule has 33 heavy (non-hydrogen) atoms. The van der Waals surface area contributed by atoms with Crippen LogP contribution in [0.1, 0.15) is 29.5 Å². The quantitative estimate of drug-likeness (QED) is 0.294. The first-order valence-corrected chi connectivity index (χ1v) is 10.7. The lowest BCUT2D eigenvalue weighted by Crippen LogP contribution is -2.07. The van der Waals surface area contributed by atoms with Crippen LogP contribution in [0, 0.1) is 0 Å². The van der Waals surface area contributed by atoms with Crippen LogP contribution in [0.3, 0.4) is 0 Å². The first-order chi connectivity index (χ1) is 16.0. The molecule has 4 aromatic rings. The van der Waals surface area contributed by atoms with E-state index in [-0.39, 0.29) is 6.61 Å². The number of aryl methyl sites for hydroxylation is 2. The van der Waals surface area contributed by atoms with Crippen LogP contribution in [-0.4, -0.2) is 20.0 Å². The van der Waals surface area contributed by atoms with Gasteiger partial charge in [0.05, 0.1) is 17.5 Å². The highest BCUT2D eigenvalue weighted by atomic mass is 19.4. The zero-order chi connectivity index (χ0) is 23.1. The van der Waals surface area contributed by atoms with Crippen molar-refractivity contribution in [2.75, 3.05) is 0 Å². The molecule has 2 heterocycles. The number of alkyl halides is 3. The average Bonchev–Trinajstić information content (AvgIpc) is 3.34. The molecule has 0 atom stereocenters. The van der Waals surface area contributed by atoms with Crippen LogP contribution in [0.2, 0.25) is 0 Å². The molecule has 0 amide bonds. The SMILES string of the molecule is FC(F)(F)c1cccc(-c2nccc(CCCCn3ccnn3)c2COc2ccccc2)c1. The summed E-state index contributed by atoms with van der Waals surface area (Å²) < 4.78 is 47.6. The van der Waals surface area contributed by atoms with E-state index < -0.39 is 11.7 Å². The van der Waals surface area contributed by atoms with E-state index >= 15 is 0 Å². The van der Waals surface area contributed by atoms with Crippen LogP contribution in [0.25, 0.3) is 11.3 Å². The molecule has 0 aliphatic heterocycles. The molecule has 4 rings (SSSR count). The van der Waals surface area contributed by atoms with Gasteiger partial charge < -0.3 is 4.74 Å². The average molecular weight is 452 g/mol. The highest BCUT2D eigenvalue weighted by Gasteiger charge is 2.30. The summed E-state index contributed by atoms with van der Waals surface area (Å²) in [6.45, 7) is 0.962. The normalized spacial score (nSPS) is 11.5. The number of nitrogens with zero attached hydrogens (tertiary/aromatic N) is 4. The van der Waals surface area contributed by atoms with E-state index in [2.05, 4.69) is 15.3 Å². The Hall–Kier alpha value is -3.68. The predicted octanol–water partition coefficient (Wildman–Crippen LogP) is 5.96. The Kier molecular flexibility index (Phi) is 7.02. The molecule has 8 heteroatoms. The van der Waals surface area contributed by atoms with Crippen molar-refractivity contribution in [3.05, 3.63) is 95.9 Å². The highest BCUT2D eigenvalue weighted by Crippen LogP contribution is 2.33. The van der Waals surface area contributed by atoms with E-state index in [1.807, 2.05) is 42.6 Å². The van der Waals surface area contributed by atoms with Crippen LogP contribution in [0.5, 0.6) is 5.75 Å². The van der Waals surface area contributed by atoms with Gasteiger partial charge in [-0.05, 0) is 55.2 Å². The summed E-state index contributed by atoms with van der Waals surface area (Å²) in [7, 11) is 0. The van der Waals surface area contributed by atoms with Gasteiger partial charge in [0.1, 0.15) is 12.4 Å². The Morgan fingerprint density at radius 1 is 0.909 bits per heavy atom. The number of para-hydroxylation sites is 1. The smallest absolute Gasteiger partial charge is 0.416 e. The molecule has 0 N–H and O–H groups in total. The number of unbranched alkanes of at least 4 members (excludes halogenated alkanes) is 1. The molecular weight excluding hydrogens is 429 g/mol. The Morgan fingerprint density at radius 3 is 2.52 bits per heavy atom. The fourth-order valence-electron chi connectivity index (χ4n) is 3.63. The Bertz CT molecular complexity index is 1160. The lowest BCUT2D eigenvalue weighted by Gasteiger charge is -2.16. The molecule has 170 valence electrons. The molecule has 2 aromatic carbocycles. The summed E-state index contributed by atoms with van der Waals surface area (Å²) in [5.41, 5.74) is 2.02. The minimum absolute atomic E-state index is 0.210. The van der Waals surface area contributed by atoms with Gasteiger partial charge in [0, 0.05) is 30.1 Å². The molecular formula is C25H23F3N4O. The molecule has 0 aliphatic rings. The third kappa shape index (κ3) is 5.97. The van der Waals surface area contributed by atoms with Crippen LogP contribution >= 0.6 is 0 Å². The summed E-state index contributed by atoms with van der Waals surface area (Å²) in [6.07, 6.45) is 3.20. The Morgan fingerprint density at radius 2 is 1.76 bits per heavy atom. The maximum absolute atomic E-state index is 13.3. The minimum Gasteiger partial charge on any atom is -0.489 e. The number of benzene rings is 2. The van der Waals surface area contributed by atoms with Gasteiger partial charge in [0.15, 0.2) is 0 Å². The summed E-state index contributed by atoms with van der Waals surface area (Å²) in [5, 5.41) is 7.77. The number of aromatic nitrogens is 4. The number of halogens is 3. The molecule has 5 nitrogen and oxygen atoms in total. The van der Waals surface area contributed by atoms with Gasteiger partial charge in [-0.25, -0.2) is 0 Å². The zero-order valence-corrected chi connectivity index (χ0v) is 17.9. The van der Waals surface area contributed by atoms with Gasteiger partial charge in [-0.1, -0.05) is 35.5 Å². The van der Waals surface area contributed by atoms with Crippen LogP contribution in [-0.2, 0) is 25.7 Å².